The summed E-state index contributed by atoms with van der Waals surface area (Å²) in [7, 11) is -1.60. The van der Waals surface area contributed by atoms with Gasteiger partial charge in [-0.3, -0.25) is 0 Å². The highest BCUT2D eigenvalue weighted by Crippen LogP contribution is 2.09. The number of aromatic nitrogens is 1. The maximum Gasteiger partial charge on any atom is 0.242 e. The lowest BCUT2D eigenvalue weighted by Crippen LogP contribution is -2.25. The molecule has 1 aromatic rings. The summed E-state index contributed by atoms with van der Waals surface area (Å²) in [5, 5.41) is 8.83. The molecule has 1 rings (SSSR count). The predicted octanol–water partition coefficient (Wildman–Crippen LogP) is 0.712. The first-order chi connectivity index (χ1) is 7.95. The van der Waals surface area contributed by atoms with Crippen LogP contribution in [0.5, 0.6) is 0 Å². The Morgan fingerprint density at radius 3 is 2.76 bits per heavy atom. The van der Waals surface area contributed by atoms with Gasteiger partial charge in [0.1, 0.15) is 0 Å². The number of sulfonamides is 1. The first-order valence-corrected chi connectivity index (χ1v) is 7.16. The molecule has 1 atom stereocenters. The van der Waals surface area contributed by atoms with Crippen LogP contribution in [-0.2, 0) is 17.1 Å². The standard InChI is InChI=1S/C11H20N2O3S/c1-10(9-14)4-3-6-12-17(15,16)11-5-7-13(2)8-11/h5,7-8,10,12,14H,3-4,6,9H2,1-2H3. The van der Waals surface area contributed by atoms with Crippen molar-refractivity contribution < 1.29 is 13.5 Å². The quantitative estimate of drug-likeness (QED) is 0.709. The third-order valence-corrected chi connectivity index (χ3v) is 4.04. The van der Waals surface area contributed by atoms with Crippen molar-refractivity contribution in [1.82, 2.24) is 9.29 Å². The molecular formula is C11H20N2O3S. The van der Waals surface area contributed by atoms with Gasteiger partial charge in [-0.25, -0.2) is 13.1 Å². The largest absolute Gasteiger partial charge is 0.396 e. The fraction of sp³-hybridized carbons (Fsp3) is 0.636. The predicted molar refractivity (Wildman–Crippen MR) is 66.1 cm³/mol. The molecule has 0 radical (unpaired) electrons. The van der Waals surface area contributed by atoms with E-state index in [-0.39, 0.29) is 17.4 Å². The second kappa shape index (κ2) is 6.18. The van der Waals surface area contributed by atoms with Crippen molar-refractivity contribution in [1.29, 1.82) is 0 Å². The Morgan fingerprint density at radius 1 is 1.53 bits per heavy atom. The fourth-order valence-corrected chi connectivity index (χ4v) is 2.59. The van der Waals surface area contributed by atoms with Crippen LogP contribution in [0.25, 0.3) is 0 Å². The van der Waals surface area contributed by atoms with E-state index >= 15 is 0 Å². The molecule has 0 bridgehead atoms. The summed E-state index contributed by atoms with van der Waals surface area (Å²) in [5.41, 5.74) is 0. The summed E-state index contributed by atoms with van der Waals surface area (Å²) in [5.74, 6) is 0.219. The highest BCUT2D eigenvalue weighted by atomic mass is 32.2. The minimum absolute atomic E-state index is 0.144. The number of nitrogens with one attached hydrogen (secondary N) is 1. The number of aliphatic hydroxyl groups is 1. The van der Waals surface area contributed by atoms with Gasteiger partial charge in [0.05, 0.1) is 4.90 Å². The Labute approximate surface area is 103 Å². The van der Waals surface area contributed by atoms with Gasteiger partial charge in [0.15, 0.2) is 0 Å². The van der Waals surface area contributed by atoms with Crippen molar-refractivity contribution in [3.63, 3.8) is 0 Å². The van der Waals surface area contributed by atoms with Gasteiger partial charge in [-0.05, 0) is 24.8 Å². The molecule has 1 heterocycles. The van der Waals surface area contributed by atoms with Gasteiger partial charge in [-0.2, -0.15) is 0 Å². The van der Waals surface area contributed by atoms with Crippen LogP contribution < -0.4 is 4.72 Å². The third kappa shape index (κ3) is 4.49. The van der Waals surface area contributed by atoms with E-state index in [0.717, 1.165) is 12.8 Å². The Morgan fingerprint density at radius 2 is 2.24 bits per heavy atom. The third-order valence-electron chi connectivity index (χ3n) is 2.59. The van der Waals surface area contributed by atoms with Crippen LogP contribution in [0.1, 0.15) is 19.8 Å². The molecular weight excluding hydrogens is 240 g/mol. The van der Waals surface area contributed by atoms with E-state index in [2.05, 4.69) is 4.72 Å². The minimum atomic E-state index is -3.38. The lowest BCUT2D eigenvalue weighted by atomic mass is 10.1. The van der Waals surface area contributed by atoms with Crippen molar-refractivity contribution in [3.8, 4) is 0 Å². The van der Waals surface area contributed by atoms with Crippen LogP contribution in [0.4, 0.5) is 0 Å². The molecule has 1 aromatic heterocycles. The van der Waals surface area contributed by atoms with Crippen LogP contribution in [-0.4, -0.2) is 31.2 Å². The van der Waals surface area contributed by atoms with E-state index in [1.165, 1.54) is 0 Å². The minimum Gasteiger partial charge on any atom is -0.396 e. The zero-order chi connectivity index (χ0) is 12.9. The average molecular weight is 260 g/mol. The van der Waals surface area contributed by atoms with Gasteiger partial charge in [-0.1, -0.05) is 6.92 Å². The lowest BCUT2D eigenvalue weighted by molar-refractivity contribution is 0.228. The van der Waals surface area contributed by atoms with E-state index < -0.39 is 10.0 Å². The summed E-state index contributed by atoms with van der Waals surface area (Å²) in [6, 6.07) is 1.57. The smallest absolute Gasteiger partial charge is 0.242 e. The first kappa shape index (κ1) is 14.2. The second-order valence-corrected chi connectivity index (χ2v) is 6.11. The number of nitrogens with zero attached hydrogens (tertiary/aromatic N) is 1. The van der Waals surface area contributed by atoms with Crippen molar-refractivity contribution in [3.05, 3.63) is 18.5 Å². The summed E-state index contributed by atoms with van der Waals surface area (Å²) < 4.78 is 27.8. The highest BCUT2D eigenvalue weighted by molar-refractivity contribution is 7.89. The summed E-state index contributed by atoms with van der Waals surface area (Å²) in [4.78, 5) is 0.287. The van der Waals surface area contributed by atoms with E-state index in [1.807, 2.05) is 6.92 Å². The first-order valence-electron chi connectivity index (χ1n) is 5.68. The number of hydrogen-bond acceptors (Lipinski definition) is 3. The normalized spacial score (nSPS) is 13.8. The molecule has 17 heavy (non-hydrogen) atoms. The molecule has 0 spiro atoms. The van der Waals surface area contributed by atoms with E-state index in [4.69, 9.17) is 5.11 Å². The molecule has 98 valence electrons. The Kier molecular flexibility index (Phi) is 5.17. The lowest BCUT2D eigenvalue weighted by Gasteiger charge is -2.08. The SMILES string of the molecule is CC(CO)CCCNS(=O)(=O)c1ccn(C)c1. The van der Waals surface area contributed by atoms with Crippen LogP contribution in [0.15, 0.2) is 23.4 Å². The van der Waals surface area contributed by atoms with Crippen LogP contribution >= 0.6 is 0 Å². The number of hydrogen-bond donors (Lipinski definition) is 2. The average Bonchev–Trinajstić information content (AvgIpc) is 2.71. The molecule has 0 aliphatic heterocycles. The molecule has 0 aliphatic carbocycles. The second-order valence-electron chi connectivity index (χ2n) is 4.34. The molecule has 0 amide bonds. The molecule has 0 saturated heterocycles. The van der Waals surface area contributed by atoms with Crippen LogP contribution in [0.2, 0.25) is 0 Å². The van der Waals surface area contributed by atoms with E-state index in [9.17, 15) is 8.42 Å². The van der Waals surface area contributed by atoms with Crippen LogP contribution in [0, 0.1) is 5.92 Å². The Hall–Kier alpha value is -0.850. The Bertz CT molecular complexity index is 439. The maximum atomic E-state index is 11.8. The van der Waals surface area contributed by atoms with Crippen molar-refractivity contribution in [2.45, 2.75) is 24.7 Å². The topological polar surface area (TPSA) is 71.3 Å². The van der Waals surface area contributed by atoms with E-state index in [1.54, 1.807) is 30.1 Å². The van der Waals surface area contributed by atoms with Gasteiger partial charge < -0.3 is 9.67 Å². The highest BCUT2D eigenvalue weighted by Gasteiger charge is 2.14. The maximum absolute atomic E-state index is 11.8. The number of aliphatic hydroxyl groups excluding tert-OH is 1. The summed E-state index contributed by atoms with van der Waals surface area (Å²) in [6.45, 7) is 2.48. The van der Waals surface area contributed by atoms with Crippen LogP contribution in [0.3, 0.4) is 0 Å². The molecule has 0 saturated carbocycles. The van der Waals surface area contributed by atoms with E-state index in [0.29, 0.717) is 6.54 Å². The van der Waals surface area contributed by atoms with Gasteiger partial charge in [-0.15, -0.1) is 0 Å². The molecule has 1 unspecified atom stereocenters. The summed E-state index contributed by atoms with van der Waals surface area (Å²) in [6.07, 6.45) is 4.81. The zero-order valence-corrected chi connectivity index (χ0v) is 11.1. The molecule has 2 N–H and O–H groups in total. The molecule has 0 fully saturated rings. The van der Waals surface area contributed by atoms with Gasteiger partial charge in [0, 0.05) is 32.6 Å². The number of aryl methyl sites for hydroxylation is 1. The molecule has 0 aliphatic rings. The van der Waals surface area contributed by atoms with Gasteiger partial charge in [0.25, 0.3) is 0 Å². The molecule has 5 nitrogen and oxygen atoms in total. The van der Waals surface area contributed by atoms with Crippen molar-refractivity contribution in [2.75, 3.05) is 13.2 Å². The van der Waals surface area contributed by atoms with Crippen molar-refractivity contribution >= 4 is 10.0 Å². The molecule has 0 aromatic carbocycles. The molecule has 6 heteroatoms. The fourth-order valence-electron chi connectivity index (χ4n) is 1.47. The zero-order valence-electron chi connectivity index (χ0n) is 10.3. The summed E-state index contributed by atoms with van der Waals surface area (Å²) >= 11 is 0. The Balaban J connectivity index is 2.41. The monoisotopic (exact) mass is 260 g/mol. The number of rotatable bonds is 7. The van der Waals surface area contributed by atoms with Gasteiger partial charge >= 0.3 is 0 Å². The van der Waals surface area contributed by atoms with Gasteiger partial charge in [0.2, 0.25) is 10.0 Å². The van der Waals surface area contributed by atoms with Crippen molar-refractivity contribution in [2.24, 2.45) is 13.0 Å².